The van der Waals surface area contributed by atoms with Crippen molar-refractivity contribution in [3.05, 3.63) is 30.1 Å². The van der Waals surface area contributed by atoms with Crippen LogP contribution >= 0.6 is 0 Å². The molecule has 1 aromatic rings. The minimum Gasteiger partial charge on any atom is -0.228 e. The molecule has 0 fully saturated rings. The van der Waals surface area contributed by atoms with Gasteiger partial charge in [-0.05, 0) is 45.0 Å². The predicted molar refractivity (Wildman–Crippen MR) is 72.0 cm³/mol. The maximum atomic E-state index is 12.7. The molecule has 0 N–H and O–H groups in total. The van der Waals surface area contributed by atoms with Crippen LogP contribution in [-0.4, -0.2) is 33.1 Å². The van der Waals surface area contributed by atoms with Crippen molar-refractivity contribution in [1.29, 1.82) is 0 Å². The Hall–Kier alpha value is -0.950. The van der Waals surface area contributed by atoms with E-state index in [1.807, 2.05) is 0 Å². The van der Waals surface area contributed by atoms with Crippen molar-refractivity contribution in [2.24, 2.45) is 0 Å². The Morgan fingerprint density at radius 2 is 1.42 bits per heavy atom. The molecule has 108 valence electrons. The van der Waals surface area contributed by atoms with E-state index in [0.717, 1.165) is 24.3 Å². The summed E-state index contributed by atoms with van der Waals surface area (Å²) in [6, 6.07) is 4.33. The Bertz CT molecular complexity index is 638. The molecule has 0 saturated heterocycles. The van der Waals surface area contributed by atoms with Crippen LogP contribution < -0.4 is 0 Å². The first-order chi connectivity index (χ1) is 8.46. The summed E-state index contributed by atoms with van der Waals surface area (Å²) in [5.74, 6) is -1.49. The van der Waals surface area contributed by atoms with Crippen LogP contribution in [0.5, 0.6) is 0 Å². The van der Waals surface area contributed by atoms with E-state index < -0.39 is 41.7 Å². The standard InChI is InChI=1S/C12H17FO4S2/c1-12(2,3)19(16,17)9-8-18(14,15)11-6-4-10(13)5-7-11/h4-7H,8-9H2,1-3H3. The largest absolute Gasteiger partial charge is 0.228 e. The molecule has 7 heteroatoms. The molecule has 0 aliphatic carbocycles. The normalized spacial score (nSPS) is 13.5. The summed E-state index contributed by atoms with van der Waals surface area (Å²) in [4.78, 5) is -0.0713. The number of hydrogen-bond acceptors (Lipinski definition) is 4. The summed E-state index contributed by atoms with van der Waals surface area (Å²) >= 11 is 0. The highest BCUT2D eigenvalue weighted by molar-refractivity contribution is 7.95. The quantitative estimate of drug-likeness (QED) is 0.796. The molecule has 0 aliphatic heterocycles. The van der Waals surface area contributed by atoms with Crippen molar-refractivity contribution < 1.29 is 21.2 Å². The first-order valence-corrected chi connectivity index (χ1v) is 8.97. The Morgan fingerprint density at radius 1 is 0.947 bits per heavy atom. The van der Waals surface area contributed by atoms with E-state index in [2.05, 4.69) is 0 Å². The van der Waals surface area contributed by atoms with Gasteiger partial charge in [-0.3, -0.25) is 0 Å². The van der Waals surface area contributed by atoms with Gasteiger partial charge in [-0.15, -0.1) is 0 Å². The summed E-state index contributed by atoms with van der Waals surface area (Å²) in [7, 11) is -7.22. The summed E-state index contributed by atoms with van der Waals surface area (Å²) < 4.78 is 59.3. The summed E-state index contributed by atoms with van der Waals surface area (Å²) in [5.41, 5.74) is 0. The van der Waals surface area contributed by atoms with Gasteiger partial charge in [0.2, 0.25) is 0 Å². The third kappa shape index (κ3) is 4.01. The molecule has 0 radical (unpaired) electrons. The van der Waals surface area contributed by atoms with Crippen LogP contribution in [0.1, 0.15) is 20.8 Å². The SMILES string of the molecule is CC(C)(C)S(=O)(=O)CCS(=O)(=O)c1ccc(F)cc1. The summed E-state index contributed by atoms with van der Waals surface area (Å²) in [6.07, 6.45) is 0. The minimum atomic E-state index is -3.72. The lowest BCUT2D eigenvalue weighted by molar-refractivity contribution is 0.559. The Kier molecular flexibility index (Phi) is 4.41. The van der Waals surface area contributed by atoms with Gasteiger partial charge < -0.3 is 0 Å². The fourth-order valence-corrected chi connectivity index (χ4v) is 4.44. The monoisotopic (exact) mass is 308 g/mol. The number of hydrogen-bond donors (Lipinski definition) is 0. The van der Waals surface area contributed by atoms with Gasteiger partial charge >= 0.3 is 0 Å². The molecule has 0 heterocycles. The molecule has 0 aliphatic rings. The van der Waals surface area contributed by atoms with Gasteiger partial charge in [-0.25, -0.2) is 21.2 Å². The lowest BCUT2D eigenvalue weighted by atomic mass is 10.3. The zero-order valence-electron chi connectivity index (χ0n) is 11.1. The maximum absolute atomic E-state index is 12.7. The molecule has 0 saturated carbocycles. The fourth-order valence-electron chi connectivity index (χ4n) is 1.29. The molecule has 0 amide bonds. The van der Waals surface area contributed by atoms with Gasteiger partial charge in [-0.1, -0.05) is 0 Å². The van der Waals surface area contributed by atoms with Crippen LogP contribution in [0.2, 0.25) is 0 Å². The molecule has 1 aromatic carbocycles. The average Bonchev–Trinajstić information content (AvgIpc) is 2.26. The predicted octanol–water partition coefficient (Wildman–Crippen LogP) is 1.81. The number of benzene rings is 1. The van der Waals surface area contributed by atoms with Crippen molar-refractivity contribution in [1.82, 2.24) is 0 Å². The summed E-state index contributed by atoms with van der Waals surface area (Å²) in [6.45, 7) is 4.56. The lowest BCUT2D eigenvalue weighted by Gasteiger charge is -2.18. The Balaban J connectivity index is 2.92. The Labute approximate surface area is 113 Å². The van der Waals surface area contributed by atoms with Gasteiger partial charge in [0.15, 0.2) is 19.7 Å². The van der Waals surface area contributed by atoms with Gasteiger partial charge in [0.1, 0.15) is 5.82 Å². The summed E-state index contributed by atoms with van der Waals surface area (Å²) in [5, 5.41) is 0. The first kappa shape index (κ1) is 16.1. The second kappa shape index (κ2) is 5.20. The Morgan fingerprint density at radius 3 is 1.84 bits per heavy atom. The van der Waals surface area contributed by atoms with E-state index in [9.17, 15) is 21.2 Å². The minimum absolute atomic E-state index is 0.0713. The highest BCUT2D eigenvalue weighted by Gasteiger charge is 2.30. The van der Waals surface area contributed by atoms with Crippen LogP contribution in [0, 0.1) is 5.82 Å². The van der Waals surface area contributed by atoms with E-state index >= 15 is 0 Å². The first-order valence-electron chi connectivity index (χ1n) is 5.66. The molecule has 19 heavy (non-hydrogen) atoms. The fraction of sp³-hybridized carbons (Fsp3) is 0.500. The second-order valence-electron chi connectivity index (χ2n) is 5.20. The third-order valence-corrected chi connectivity index (χ3v) is 7.32. The third-order valence-electron chi connectivity index (χ3n) is 2.73. The van der Waals surface area contributed by atoms with Crippen molar-refractivity contribution in [2.45, 2.75) is 30.4 Å². The highest BCUT2D eigenvalue weighted by Crippen LogP contribution is 2.18. The second-order valence-corrected chi connectivity index (χ2v) is 10.2. The van der Waals surface area contributed by atoms with Gasteiger partial charge in [0.25, 0.3) is 0 Å². The molecule has 0 spiro atoms. The van der Waals surface area contributed by atoms with E-state index in [1.54, 1.807) is 0 Å². The van der Waals surface area contributed by atoms with Crippen LogP contribution in [0.25, 0.3) is 0 Å². The van der Waals surface area contributed by atoms with Crippen molar-refractivity contribution >= 4 is 19.7 Å². The van der Waals surface area contributed by atoms with Crippen LogP contribution in [0.15, 0.2) is 29.2 Å². The molecule has 0 unspecified atom stereocenters. The van der Waals surface area contributed by atoms with Crippen LogP contribution in [0.4, 0.5) is 4.39 Å². The topological polar surface area (TPSA) is 68.3 Å². The van der Waals surface area contributed by atoms with E-state index in [1.165, 1.54) is 20.8 Å². The zero-order chi connectivity index (χ0) is 14.9. The number of halogens is 1. The van der Waals surface area contributed by atoms with Crippen molar-refractivity contribution in [3.8, 4) is 0 Å². The number of rotatable bonds is 4. The highest BCUT2D eigenvalue weighted by atomic mass is 32.2. The van der Waals surface area contributed by atoms with E-state index in [-0.39, 0.29) is 4.90 Å². The van der Waals surface area contributed by atoms with E-state index in [0.29, 0.717) is 0 Å². The average molecular weight is 308 g/mol. The van der Waals surface area contributed by atoms with Gasteiger partial charge in [0.05, 0.1) is 21.1 Å². The molecular formula is C12H17FO4S2. The number of sulfone groups is 2. The molecule has 0 bridgehead atoms. The molecule has 4 nitrogen and oxygen atoms in total. The van der Waals surface area contributed by atoms with Crippen molar-refractivity contribution in [3.63, 3.8) is 0 Å². The van der Waals surface area contributed by atoms with E-state index in [4.69, 9.17) is 0 Å². The van der Waals surface area contributed by atoms with Crippen molar-refractivity contribution in [2.75, 3.05) is 11.5 Å². The maximum Gasteiger partial charge on any atom is 0.179 e. The van der Waals surface area contributed by atoms with Crippen LogP contribution in [-0.2, 0) is 19.7 Å². The smallest absolute Gasteiger partial charge is 0.179 e. The zero-order valence-corrected chi connectivity index (χ0v) is 12.7. The van der Waals surface area contributed by atoms with Gasteiger partial charge in [0, 0.05) is 0 Å². The van der Waals surface area contributed by atoms with Crippen LogP contribution in [0.3, 0.4) is 0 Å². The lowest BCUT2D eigenvalue weighted by Crippen LogP contribution is -2.33. The molecule has 1 rings (SSSR count). The molecular weight excluding hydrogens is 291 g/mol. The van der Waals surface area contributed by atoms with Gasteiger partial charge in [-0.2, -0.15) is 0 Å². The molecule has 0 aromatic heterocycles. The molecule has 0 atom stereocenters.